The number of nitrogens with one attached hydrogen (secondary N) is 1. The van der Waals surface area contributed by atoms with Gasteiger partial charge in [0.05, 0.1) is 7.11 Å². The highest BCUT2D eigenvalue weighted by atomic mass is 16.5. The van der Waals surface area contributed by atoms with Crippen LogP contribution in [0.4, 0.5) is 0 Å². The molecule has 1 heterocycles. The summed E-state index contributed by atoms with van der Waals surface area (Å²) in [5.74, 6) is 1.19. The zero-order valence-electron chi connectivity index (χ0n) is 15.4. The molecule has 3 rings (SSSR count). The van der Waals surface area contributed by atoms with Crippen LogP contribution in [0.25, 0.3) is 0 Å². The van der Waals surface area contributed by atoms with Crippen molar-refractivity contribution in [2.75, 3.05) is 26.8 Å². The molecular formula is C21H24N2O4. The van der Waals surface area contributed by atoms with Crippen LogP contribution in [0, 0.1) is 0 Å². The van der Waals surface area contributed by atoms with Crippen LogP contribution < -0.4 is 14.8 Å². The number of nitrogens with zero attached hydrogens (tertiary/aromatic N) is 1. The highest BCUT2D eigenvalue weighted by molar-refractivity contribution is 5.94. The number of methoxy groups -OCH3 is 1. The first-order chi connectivity index (χ1) is 13.2. The van der Waals surface area contributed by atoms with Gasteiger partial charge in [-0.3, -0.25) is 9.59 Å². The van der Waals surface area contributed by atoms with Crippen molar-refractivity contribution in [1.82, 2.24) is 10.2 Å². The van der Waals surface area contributed by atoms with Crippen molar-refractivity contribution >= 4 is 11.8 Å². The maximum atomic E-state index is 12.4. The molecule has 2 aromatic rings. The van der Waals surface area contributed by atoms with Gasteiger partial charge in [0.15, 0.2) is 6.61 Å². The van der Waals surface area contributed by atoms with Crippen molar-refractivity contribution in [2.45, 2.75) is 18.9 Å². The third-order valence-electron chi connectivity index (χ3n) is 4.62. The van der Waals surface area contributed by atoms with Crippen LogP contribution >= 0.6 is 0 Å². The summed E-state index contributed by atoms with van der Waals surface area (Å²) in [5.41, 5.74) is 0.573. The van der Waals surface area contributed by atoms with Gasteiger partial charge in [0.2, 0.25) is 0 Å². The van der Waals surface area contributed by atoms with Crippen LogP contribution in [0.1, 0.15) is 23.2 Å². The first-order valence-corrected chi connectivity index (χ1v) is 9.06. The SMILES string of the molecule is COc1cccc(C(=O)NC2CCN(C(=O)COc3ccccc3)CC2)c1. The molecule has 2 aromatic carbocycles. The molecule has 6 heteroatoms. The summed E-state index contributed by atoms with van der Waals surface area (Å²) in [6, 6.07) is 16.4. The number of benzene rings is 2. The summed E-state index contributed by atoms with van der Waals surface area (Å²) in [6.07, 6.45) is 1.46. The number of hydrogen-bond donors (Lipinski definition) is 1. The molecule has 0 saturated carbocycles. The van der Waals surface area contributed by atoms with E-state index in [1.807, 2.05) is 30.3 Å². The summed E-state index contributed by atoms with van der Waals surface area (Å²) in [5, 5.41) is 3.04. The molecule has 1 aliphatic heterocycles. The lowest BCUT2D eigenvalue weighted by atomic mass is 10.0. The minimum atomic E-state index is -0.119. The molecule has 6 nitrogen and oxygen atoms in total. The standard InChI is InChI=1S/C21H24N2O4/c1-26-19-9-5-6-16(14-19)21(25)22-17-10-12-23(13-11-17)20(24)15-27-18-7-3-2-4-8-18/h2-9,14,17H,10-13,15H2,1H3,(H,22,25). The summed E-state index contributed by atoms with van der Waals surface area (Å²) in [4.78, 5) is 26.5. The smallest absolute Gasteiger partial charge is 0.260 e. The lowest BCUT2D eigenvalue weighted by Gasteiger charge is -2.32. The van der Waals surface area contributed by atoms with Gasteiger partial charge in [-0.1, -0.05) is 24.3 Å². The third kappa shape index (κ3) is 5.23. The number of likely N-dealkylation sites (tertiary alicyclic amines) is 1. The average Bonchev–Trinajstić information content (AvgIpc) is 2.73. The maximum Gasteiger partial charge on any atom is 0.260 e. The Kier molecular flexibility index (Phi) is 6.30. The van der Waals surface area contributed by atoms with Crippen LogP contribution in [-0.2, 0) is 4.79 Å². The summed E-state index contributed by atoms with van der Waals surface area (Å²) >= 11 is 0. The average molecular weight is 368 g/mol. The molecular weight excluding hydrogens is 344 g/mol. The number of hydrogen-bond acceptors (Lipinski definition) is 4. The maximum absolute atomic E-state index is 12.4. The minimum absolute atomic E-state index is 0.0311. The van der Waals surface area contributed by atoms with Gasteiger partial charge in [-0.2, -0.15) is 0 Å². The number of para-hydroxylation sites is 1. The Morgan fingerprint density at radius 1 is 1.04 bits per heavy atom. The van der Waals surface area contributed by atoms with E-state index in [1.54, 1.807) is 36.3 Å². The van der Waals surface area contributed by atoms with Crippen LogP contribution in [0.5, 0.6) is 11.5 Å². The predicted molar refractivity (Wildman–Crippen MR) is 102 cm³/mol. The third-order valence-corrected chi connectivity index (χ3v) is 4.62. The fourth-order valence-electron chi connectivity index (χ4n) is 3.06. The van der Waals surface area contributed by atoms with E-state index < -0.39 is 0 Å². The van der Waals surface area contributed by atoms with Gasteiger partial charge in [0.1, 0.15) is 11.5 Å². The second kappa shape index (κ2) is 9.07. The van der Waals surface area contributed by atoms with Crippen molar-refractivity contribution < 1.29 is 19.1 Å². The van der Waals surface area contributed by atoms with Crippen molar-refractivity contribution in [2.24, 2.45) is 0 Å². The molecule has 0 spiro atoms. The summed E-state index contributed by atoms with van der Waals surface area (Å²) in [6.45, 7) is 1.25. The van der Waals surface area contributed by atoms with Gasteiger partial charge in [0.25, 0.3) is 11.8 Å². The van der Waals surface area contributed by atoms with Crippen LogP contribution in [0.2, 0.25) is 0 Å². The molecule has 142 valence electrons. The zero-order chi connectivity index (χ0) is 19.1. The van der Waals surface area contributed by atoms with Crippen LogP contribution in [-0.4, -0.2) is 49.6 Å². The Morgan fingerprint density at radius 3 is 2.44 bits per heavy atom. The van der Waals surface area contributed by atoms with E-state index in [1.165, 1.54) is 0 Å². The van der Waals surface area contributed by atoms with Crippen molar-refractivity contribution in [3.05, 3.63) is 60.2 Å². The number of carbonyl (C=O) groups excluding carboxylic acids is 2. The second-order valence-electron chi connectivity index (χ2n) is 6.46. The van der Waals surface area contributed by atoms with E-state index in [-0.39, 0.29) is 24.5 Å². The molecule has 0 aromatic heterocycles. The highest BCUT2D eigenvalue weighted by Crippen LogP contribution is 2.15. The first kappa shape index (κ1) is 18.8. The lowest BCUT2D eigenvalue weighted by molar-refractivity contribution is -0.134. The molecule has 2 amide bonds. The second-order valence-corrected chi connectivity index (χ2v) is 6.46. The highest BCUT2D eigenvalue weighted by Gasteiger charge is 2.24. The normalized spacial score (nSPS) is 14.5. The molecule has 1 aliphatic rings. The number of piperidine rings is 1. The summed E-state index contributed by atoms with van der Waals surface area (Å²) in [7, 11) is 1.57. The summed E-state index contributed by atoms with van der Waals surface area (Å²) < 4.78 is 10.7. The quantitative estimate of drug-likeness (QED) is 0.851. The zero-order valence-corrected chi connectivity index (χ0v) is 15.4. The van der Waals surface area contributed by atoms with E-state index in [9.17, 15) is 9.59 Å². The predicted octanol–water partition coefficient (Wildman–Crippen LogP) is 2.50. The first-order valence-electron chi connectivity index (χ1n) is 9.06. The molecule has 27 heavy (non-hydrogen) atoms. The fourth-order valence-corrected chi connectivity index (χ4v) is 3.06. The largest absolute Gasteiger partial charge is 0.497 e. The van der Waals surface area contributed by atoms with Gasteiger partial charge in [-0.15, -0.1) is 0 Å². The number of ether oxygens (including phenoxy) is 2. The Balaban J connectivity index is 1.44. The molecule has 0 atom stereocenters. The van der Waals surface area contributed by atoms with Crippen molar-refractivity contribution in [3.63, 3.8) is 0 Å². The lowest BCUT2D eigenvalue weighted by Crippen LogP contribution is -2.47. The molecule has 1 saturated heterocycles. The van der Waals surface area contributed by atoms with E-state index in [0.29, 0.717) is 30.2 Å². The monoisotopic (exact) mass is 368 g/mol. The number of rotatable bonds is 6. The van der Waals surface area contributed by atoms with Gasteiger partial charge in [0, 0.05) is 24.7 Å². The van der Waals surface area contributed by atoms with Crippen LogP contribution in [0.3, 0.4) is 0 Å². The number of amides is 2. The molecule has 0 radical (unpaired) electrons. The van der Waals surface area contributed by atoms with E-state index in [4.69, 9.17) is 9.47 Å². The van der Waals surface area contributed by atoms with Gasteiger partial charge in [-0.05, 0) is 43.2 Å². The molecule has 0 unspecified atom stereocenters. The number of carbonyl (C=O) groups is 2. The van der Waals surface area contributed by atoms with E-state index in [0.717, 1.165) is 12.8 Å². The van der Waals surface area contributed by atoms with Gasteiger partial charge < -0.3 is 19.7 Å². The van der Waals surface area contributed by atoms with Gasteiger partial charge >= 0.3 is 0 Å². The Labute approximate surface area is 159 Å². The molecule has 1 N–H and O–H groups in total. The topological polar surface area (TPSA) is 67.9 Å². The van der Waals surface area contributed by atoms with E-state index in [2.05, 4.69) is 5.32 Å². The van der Waals surface area contributed by atoms with Crippen molar-refractivity contribution in [1.29, 1.82) is 0 Å². The van der Waals surface area contributed by atoms with E-state index >= 15 is 0 Å². The Bertz CT molecular complexity index is 771. The molecule has 1 fully saturated rings. The van der Waals surface area contributed by atoms with Crippen LogP contribution in [0.15, 0.2) is 54.6 Å². The Morgan fingerprint density at radius 2 is 1.74 bits per heavy atom. The Hall–Kier alpha value is -3.02. The van der Waals surface area contributed by atoms with Gasteiger partial charge in [-0.25, -0.2) is 0 Å². The molecule has 0 bridgehead atoms. The minimum Gasteiger partial charge on any atom is -0.497 e. The molecule has 0 aliphatic carbocycles. The van der Waals surface area contributed by atoms with Crippen molar-refractivity contribution in [3.8, 4) is 11.5 Å². The fraction of sp³-hybridized carbons (Fsp3) is 0.333.